The molecule has 1 atom stereocenters. The van der Waals surface area contributed by atoms with Crippen LogP contribution in [-0.4, -0.2) is 33.1 Å². The van der Waals surface area contributed by atoms with Crippen molar-refractivity contribution < 1.29 is 9.90 Å². The van der Waals surface area contributed by atoms with E-state index in [0.29, 0.717) is 5.56 Å². The van der Waals surface area contributed by atoms with Crippen molar-refractivity contribution in [2.45, 2.75) is 23.5 Å². The average Bonchev–Trinajstić information content (AvgIpc) is 2.52. The maximum atomic E-state index is 11.8. The molecule has 1 saturated heterocycles. The second-order valence-electron chi connectivity index (χ2n) is 4.98. The van der Waals surface area contributed by atoms with E-state index in [1.165, 1.54) is 6.42 Å². The first-order valence-electron chi connectivity index (χ1n) is 6.84. The molecule has 0 bridgehead atoms. The van der Waals surface area contributed by atoms with Crippen LogP contribution in [0, 0.1) is 12.3 Å². The van der Waals surface area contributed by atoms with Crippen LogP contribution in [0.2, 0.25) is 0 Å². The molecule has 2 N–H and O–H groups in total. The smallest absolute Gasteiger partial charge is 0.252 e. The minimum Gasteiger partial charge on any atom is -0.386 e. The van der Waals surface area contributed by atoms with Gasteiger partial charge < -0.3 is 10.4 Å². The van der Waals surface area contributed by atoms with Crippen LogP contribution < -0.4 is 5.32 Å². The van der Waals surface area contributed by atoms with Gasteiger partial charge >= 0.3 is 0 Å². The van der Waals surface area contributed by atoms with Crippen LogP contribution in [0.5, 0.6) is 0 Å². The molecule has 3 nitrogen and oxygen atoms in total. The molecule has 1 aromatic carbocycles. The van der Waals surface area contributed by atoms with Crippen LogP contribution in [0.3, 0.4) is 0 Å². The molecule has 5 heteroatoms. The van der Waals surface area contributed by atoms with Gasteiger partial charge in [-0.05, 0) is 42.5 Å². The number of rotatable bonds is 4. The van der Waals surface area contributed by atoms with E-state index in [0.717, 1.165) is 17.1 Å². The lowest BCUT2D eigenvalue weighted by atomic mass is 10.0. The summed E-state index contributed by atoms with van der Waals surface area (Å²) in [4.78, 5) is 11.8. The van der Waals surface area contributed by atoms with Crippen LogP contribution in [0.1, 0.15) is 35.4 Å². The van der Waals surface area contributed by atoms with Crippen molar-refractivity contribution in [3.05, 3.63) is 35.4 Å². The zero-order chi connectivity index (χ0) is 15.3. The average molecular weight is 321 g/mol. The van der Waals surface area contributed by atoms with Crippen molar-refractivity contribution in [1.29, 1.82) is 0 Å². The lowest BCUT2D eigenvalue weighted by Crippen LogP contribution is -2.29. The Balaban J connectivity index is 2.08. The van der Waals surface area contributed by atoms with Gasteiger partial charge in [0.15, 0.2) is 0 Å². The Morgan fingerprint density at radius 1 is 1.43 bits per heavy atom. The van der Waals surface area contributed by atoms with Gasteiger partial charge in [-0.25, -0.2) is 0 Å². The number of terminal acetylenes is 1. The lowest BCUT2D eigenvalue weighted by molar-refractivity contribution is 0.0958. The molecule has 0 spiro atoms. The third kappa shape index (κ3) is 3.97. The third-order valence-electron chi connectivity index (χ3n) is 3.40. The van der Waals surface area contributed by atoms with Crippen molar-refractivity contribution in [2.75, 3.05) is 18.1 Å². The van der Waals surface area contributed by atoms with Crippen LogP contribution in [0.25, 0.3) is 0 Å². The maximum absolute atomic E-state index is 11.8. The molecule has 112 valence electrons. The summed E-state index contributed by atoms with van der Waals surface area (Å²) in [6, 6.07) is 7.09. The first-order chi connectivity index (χ1) is 10.1. The number of nitrogens with one attached hydrogen (secondary N) is 1. The van der Waals surface area contributed by atoms with Crippen LogP contribution in [-0.2, 0) is 0 Å². The summed E-state index contributed by atoms with van der Waals surface area (Å²) in [5, 5.41) is 13.2. The topological polar surface area (TPSA) is 49.3 Å². The number of benzene rings is 1. The molecule has 1 aromatic rings. The van der Waals surface area contributed by atoms with Crippen molar-refractivity contribution in [3.8, 4) is 12.3 Å². The van der Waals surface area contributed by atoms with E-state index in [2.05, 4.69) is 18.2 Å². The van der Waals surface area contributed by atoms with Gasteiger partial charge in [0.1, 0.15) is 6.10 Å². The fraction of sp³-hybridized carbons (Fsp3) is 0.438. The Kier molecular flexibility index (Phi) is 5.63. The molecule has 1 fully saturated rings. The molecule has 21 heavy (non-hydrogen) atoms. The van der Waals surface area contributed by atoms with E-state index < -0.39 is 6.10 Å². The molecule has 2 rings (SSSR count). The first kappa shape index (κ1) is 16.3. The minimum atomic E-state index is -0.546. The van der Waals surface area contributed by atoms with E-state index in [1.54, 1.807) is 35.7 Å². The minimum absolute atomic E-state index is 0.193. The summed E-state index contributed by atoms with van der Waals surface area (Å²) in [5.41, 5.74) is 1.39. The zero-order valence-corrected chi connectivity index (χ0v) is 13.6. The molecule has 1 aliphatic rings. The summed E-state index contributed by atoms with van der Waals surface area (Å²) in [7, 11) is 0. The normalized spacial score (nSPS) is 18.5. The fourth-order valence-electron chi connectivity index (χ4n) is 2.16. The van der Waals surface area contributed by atoms with E-state index in [9.17, 15) is 9.90 Å². The first-order valence-corrected chi connectivity index (χ1v) is 8.81. The van der Waals surface area contributed by atoms with Gasteiger partial charge in [-0.1, -0.05) is 18.1 Å². The monoisotopic (exact) mass is 321 g/mol. The molecule has 0 saturated carbocycles. The molecule has 1 heterocycles. The number of amides is 1. The van der Waals surface area contributed by atoms with E-state index in [1.807, 2.05) is 12.1 Å². The van der Waals surface area contributed by atoms with Gasteiger partial charge in [0.2, 0.25) is 0 Å². The molecular formula is C16H19NO2S2. The predicted octanol–water partition coefficient (Wildman–Crippen LogP) is 2.67. The zero-order valence-electron chi connectivity index (χ0n) is 12.0. The van der Waals surface area contributed by atoms with E-state index in [4.69, 9.17) is 6.42 Å². The largest absolute Gasteiger partial charge is 0.386 e. The number of hydrogen-bond donors (Lipinski definition) is 2. The Morgan fingerprint density at radius 2 is 2.05 bits per heavy atom. The molecule has 1 aliphatic heterocycles. The Bertz CT molecular complexity index is 530. The number of carbonyl (C=O) groups excluding carboxylic acids is 1. The van der Waals surface area contributed by atoms with Crippen LogP contribution in [0.15, 0.2) is 24.3 Å². The van der Waals surface area contributed by atoms with Crippen molar-refractivity contribution in [3.63, 3.8) is 0 Å². The van der Waals surface area contributed by atoms with Crippen molar-refractivity contribution in [1.82, 2.24) is 5.32 Å². The SMILES string of the molecule is C#CCNC(=O)c1ccc(C(O)C2(C)SCCCS2)cc1. The van der Waals surface area contributed by atoms with Gasteiger partial charge in [0, 0.05) is 5.56 Å². The second kappa shape index (κ2) is 7.26. The number of hydrogen-bond acceptors (Lipinski definition) is 4. The highest BCUT2D eigenvalue weighted by molar-refractivity contribution is 8.18. The highest BCUT2D eigenvalue weighted by Gasteiger charge is 2.37. The number of thioether (sulfide) groups is 2. The van der Waals surface area contributed by atoms with Crippen LogP contribution >= 0.6 is 23.5 Å². The number of aliphatic hydroxyl groups excluding tert-OH is 1. The summed E-state index contributed by atoms with van der Waals surface area (Å²) < 4.78 is -0.217. The molecule has 1 unspecified atom stereocenters. The van der Waals surface area contributed by atoms with Gasteiger partial charge in [0.05, 0.1) is 10.6 Å². The van der Waals surface area contributed by atoms with E-state index in [-0.39, 0.29) is 16.5 Å². The third-order valence-corrected chi connectivity index (χ3v) is 6.69. The number of carbonyl (C=O) groups is 1. The Labute approximate surface area is 134 Å². The number of aliphatic hydroxyl groups is 1. The van der Waals surface area contributed by atoms with E-state index >= 15 is 0 Å². The summed E-state index contributed by atoms with van der Waals surface area (Å²) in [6.45, 7) is 2.30. The predicted molar refractivity (Wildman–Crippen MR) is 90.5 cm³/mol. The van der Waals surface area contributed by atoms with Gasteiger partial charge in [0.25, 0.3) is 5.91 Å². The highest BCUT2D eigenvalue weighted by Crippen LogP contribution is 2.49. The fourth-order valence-corrected chi connectivity index (χ4v) is 5.15. The molecule has 0 aromatic heterocycles. The van der Waals surface area contributed by atoms with Crippen LogP contribution in [0.4, 0.5) is 0 Å². The van der Waals surface area contributed by atoms with Gasteiger partial charge in [-0.3, -0.25) is 4.79 Å². The van der Waals surface area contributed by atoms with Crippen molar-refractivity contribution in [2.24, 2.45) is 0 Å². The quantitative estimate of drug-likeness (QED) is 0.837. The summed E-state index contributed by atoms with van der Waals surface area (Å²) in [6.07, 6.45) is 5.75. The highest BCUT2D eigenvalue weighted by atomic mass is 32.2. The molecular weight excluding hydrogens is 302 g/mol. The summed E-state index contributed by atoms with van der Waals surface area (Å²) >= 11 is 3.60. The lowest BCUT2D eigenvalue weighted by Gasteiger charge is -2.36. The van der Waals surface area contributed by atoms with Gasteiger partial charge in [-0.2, -0.15) is 0 Å². The van der Waals surface area contributed by atoms with Crippen molar-refractivity contribution >= 4 is 29.4 Å². The second-order valence-corrected chi connectivity index (χ2v) is 8.33. The molecule has 0 aliphatic carbocycles. The molecule has 0 radical (unpaired) electrons. The standard InChI is InChI=1S/C16H19NO2S2/c1-3-9-17-15(19)13-7-5-12(6-8-13)14(18)16(2)20-10-4-11-21-16/h1,5-8,14,18H,4,9-11H2,2H3,(H,17,19). The Morgan fingerprint density at radius 3 is 2.62 bits per heavy atom. The maximum Gasteiger partial charge on any atom is 0.252 e. The molecule has 1 amide bonds. The Hall–Kier alpha value is -1.09. The van der Waals surface area contributed by atoms with Gasteiger partial charge in [-0.15, -0.1) is 29.9 Å². The summed E-state index contributed by atoms with van der Waals surface area (Å²) in [5.74, 6) is 4.33.